The van der Waals surface area contributed by atoms with Gasteiger partial charge in [0.05, 0.1) is 0 Å². The van der Waals surface area contributed by atoms with Gasteiger partial charge in [0, 0.05) is 5.56 Å². The van der Waals surface area contributed by atoms with Crippen LogP contribution in [-0.4, -0.2) is 12.7 Å². The van der Waals surface area contributed by atoms with Crippen molar-refractivity contribution in [2.75, 3.05) is 6.54 Å². The van der Waals surface area contributed by atoms with Crippen LogP contribution in [0.2, 0.25) is 0 Å². The molecule has 0 aliphatic rings. The fourth-order valence-corrected chi connectivity index (χ4v) is 1.57. The van der Waals surface area contributed by atoms with Crippen molar-refractivity contribution in [2.24, 2.45) is 0 Å². The quantitative estimate of drug-likeness (QED) is 0.816. The first-order valence-electron chi connectivity index (χ1n) is 5.53. The van der Waals surface area contributed by atoms with Crippen molar-refractivity contribution >= 4 is 0 Å². The fourth-order valence-electron chi connectivity index (χ4n) is 1.57. The number of rotatable bonds is 4. The average Bonchev–Trinajstić information content (AvgIpc) is 2.27. The molecule has 0 fully saturated rings. The van der Waals surface area contributed by atoms with E-state index in [1.54, 1.807) is 6.92 Å². The van der Waals surface area contributed by atoms with Crippen molar-refractivity contribution in [1.82, 2.24) is 5.32 Å². The Labute approximate surface area is 102 Å². The molecule has 0 aromatic heterocycles. The van der Waals surface area contributed by atoms with Gasteiger partial charge in [0.1, 0.15) is 6.04 Å². The van der Waals surface area contributed by atoms with E-state index >= 15 is 0 Å². The summed E-state index contributed by atoms with van der Waals surface area (Å²) in [6.07, 6.45) is -4.21. The maximum atomic E-state index is 13.6. The van der Waals surface area contributed by atoms with E-state index in [-0.39, 0.29) is 12.1 Å². The number of aryl methyl sites for hydroxylation is 1. The maximum absolute atomic E-state index is 13.6. The Balaban J connectivity index is 3.17. The van der Waals surface area contributed by atoms with Gasteiger partial charge in [0.15, 0.2) is 11.6 Å². The molecule has 0 heterocycles. The maximum Gasteiger partial charge on any atom is 0.408 e. The molecule has 0 bridgehead atoms. The monoisotopic (exact) mass is 267 g/mol. The van der Waals surface area contributed by atoms with Crippen LogP contribution in [0.4, 0.5) is 22.0 Å². The lowest BCUT2D eigenvalue weighted by Crippen LogP contribution is -2.35. The van der Waals surface area contributed by atoms with Gasteiger partial charge in [-0.15, -0.1) is 0 Å². The summed E-state index contributed by atoms with van der Waals surface area (Å²) in [5.41, 5.74) is -0.730. The highest BCUT2D eigenvalue weighted by Crippen LogP contribution is 2.34. The van der Waals surface area contributed by atoms with Crippen LogP contribution in [0.25, 0.3) is 0 Å². The summed E-state index contributed by atoms with van der Waals surface area (Å²) in [6, 6.07) is -0.0816. The fraction of sp³-hybridized carbons (Fsp3) is 0.500. The molecule has 1 N–H and O–H groups in total. The second-order valence-corrected chi connectivity index (χ2v) is 4.03. The minimum atomic E-state index is -4.67. The topological polar surface area (TPSA) is 12.0 Å². The summed E-state index contributed by atoms with van der Waals surface area (Å²) in [6.45, 7) is 3.05. The molecule has 1 nitrogen and oxygen atoms in total. The normalized spacial score (nSPS) is 13.7. The number of hydrogen-bond acceptors (Lipinski definition) is 1. The van der Waals surface area contributed by atoms with Crippen LogP contribution in [0.3, 0.4) is 0 Å². The van der Waals surface area contributed by atoms with E-state index in [1.165, 1.54) is 6.92 Å². The molecule has 18 heavy (non-hydrogen) atoms. The van der Waals surface area contributed by atoms with Gasteiger partial charge in [-0.3, -0.25) is 0 Å². The molecule has 0 spiro atoms. The van der Waals surface area contributed by atoms with E-state index in [1.807, 2.05) is 0 Å². The van der Waals surface area contributed by atoms with Crippen LogP contribution in [0, 0.1) is 18.6 Å². The van der Waals surface area contributed by atoms with E-state index in [9.17, 15) is 22.0 Å². The lowest BCUT2D eigenvalue weighted by Gasteiger charge is -2.22. The molecule has 1 aromatic carbocycles. The summed E-state index contributed by atoms with van der Waals surface area (Å²) in [5, 5.41) is 2.18. The van der Waals surface area contributed by atoms with Gasteiger partial charge in [0.2, 0.25) is 0 Å². The second-order valence-electron chi connectivity index (χ2n) is 4.03. The zero-order valence-corrected chi connectivity index (χ0v) is 10.0. The first-order chi connectivity index (χ1) is 8.29. The minimum absolute atomic E-state index is 0.0207. The van der Waals surface area contributed by atoms with Gasteiger partial charge in [-0.2, -0.15) is 13.2 Å². The van der Waals surface area contributed by atoms with Crippen LogP contribution in [0.1, 0.15) is 30.5 Å². The first kappa shape index (κ1) is 14.9. The summed E-state index contributed by atoms with van der Waals surface area (Å²) < 4.78 is 65.2. The number of nitrogens with one attached hydrogen (secondary N) is 1. The van der Waals surface area contributed by atoms with Gasteiger partial charge in [0.25, 0.3) is 0 Å². The largest absolute Gasteiger partial charge is 0.408 e. The molecule has 1 atom stereocenters. The smallest absolute Gasteiger partial charge is 0.302 e. The Morgan fingerprint density at radius 1 is 1.17 bits per heavy atom. The van der Waals surface area contributed by atoms with Gasteiger partial charge >= 0.3 is 6.18 Å². The molecule has 0 aliphatic carbocycles. The Hall–Kier alpha value is -1.17. The summed E-state index contributed by atoms with van der Waals surface area (Å²) in [7, 11) is 0. The van der Waals surface area contributed by atoms with Gasteiger partial charge < -0.3 is 5.32 Å². The lowest BCUT2D eigenvalue weighted by molar-refractivity contribution is -0.158. The number of halogens is 5. The summed E-state index contributed by atoms with van der Waals surface area (Å²) in [4.78, 5) is 0. The average molecular weight is 267 g/mol. The van der Waals surface area contributed by atoms with Crippen LogP contribution >= 0.6 is 0 Å². The zero-order valence-electron chi connectivity index (χ0n) is 10.0. The van der Waals surface area contributed by atoms with Gasteiger partial charge in [-0.25, -0.2) is 8.78 Å². The Morgan fingerprint density at radius 3 is 2.28 bits per heavy atom. The number of alkyl halides is 3. The molecule has 0 saturated carbocycles. The number of benzene rings is 1. The van der Waals surface area contributed by atoms with Crippen LogP contribution in [0.5, 0.6) is 0 Å². The van der Waals surface area contributed by atoms with Crippen molar-refractivity contribution in [3.63, 3.8) is 0 Å². The second kappa shape index (κ2) is 5.65. The zero-order chi connectivity index (χ0) is 13.9. The summed E-state index contributed by atoms with van der Waals surface area (Å²) >= 11 is 0. The van der Waals surface area contributed by atoms with Gasteiger partial charge in [-0.05, 0) is 25.5 Å². The molecular weight excluding hydrogens is 253 g/mol. The first-order valence-corrected chi connectivity index (χ1v) is 5.53. The van der Waals surface area contributed by atoms with Crippen molar-refractivity contribution in [2.45, 2.75) is 32.5 Å². The molecular formula is C12H14F5N. The molecule has 0 aliphatic heterocycles. The molecule has 0 saturated heterocycles. The standard InChI is InChI=1S/C12H14F5N/c1-3-6-18-11(12(15,16)17)8-5-4-7(2)9(13)10(8)14/h4-5,11,18H,3,6H2,1-2H3. The molecule has 6 heteroatoms. The molecule has 0 amide bonds. The lowest BCUT2D eigenvalue weighted by atomic mass is 10.0. The predicted octanol–water partition coefficient (Wildman–Crippen LogP) is 3.88. The predicted molar refractivity (Wildman–Crippen MR) is 58.2 cm³/mol. The van der Waals surface area contributed by atoms with E-state index in [0.29, 0.717) is 6.42 Å². The van der Waals surface area contributed by atoms with E-state index < -0.39 is 29.4 Å². The third-order valence-electron chi connectivity index (χ3n) is 2.54. The van der Waals surface area contributed by atoms with Crippen LogP contribution in [-0.2, 0) is 0 Å². The van der Waals surface area contributed by atoms with Crippen molar-refractivity contribution in [1.29, 1.82) is 0 Å². The van der Waals surface area contributed by atoms with Crippen molar-refractivity contribution < 1.29 is 22.0 Å². The molecule has 102 valence electrons. The SMILES string of the molecule is CCCNC(c1ccc(C)c(F)c1F)C(F)(F)F. The Kier molecular flexibility index (Phi) is 4.67. The summed E-state index contributed by atoms with van der Waals surface area (Å²) in [5.74, 6) is -2.68. The Morgan fingerprint density at radius 2 is 1.78 bits per heavy atom. The van der Waals surface area contributed by atoms with Crippen LogP contribution < -0.4 is 5.32 Å². The minimum Gasteiger partial charge on any atom is -0.302 e. The van der Waals surface area contributed by atoms with E-state index in [4.69, 9.17) is 0 Å². The Bertz CT molecular complexity index is 414. The highest BCUT2D eigenvalue weighted by atomic mass is 19.4. The number of hydrogen-bond donors (Lipinski definition) is 1. The van der Waals surface area contributed by atoms with Crippen molar-refractivity contribution in [3.05, 3.63) is 34.9 Å². The van der Waals surface area contributed by atoms with E-state index in [0.717, 1.165) is 12.1 Å². The third-order valence-corrected chi connectivity index (χ3v) is 2.54. The molecule has 1 rings (SSSR count). The van der Waals surface area contributed by atoms with Crippen molar-refractivity contribution in [3.8, 4) is 0 Å². The highest BCUT2D eigenvalue weighted by molar-refractivity contribution is 5.28. The highest BCUT2D eigenvalue weighted by Gasteiger charge is 2.42. The molecule has 1 unspecified atom stereocenters. The van der Waals surface area contributed by atoms with Gasteiger partial charge in [-0.1, -0.05) is 19.1 Å². The van der Waals surface area contributed by atoms with Crippen LogP contribution in [0.15, 0.2) is 12.1 Å². The van der Waals surface area contributed by atoms with E-state index in [2.05, 4.69) is 5.32 Å². The molecule has 0 radical (unpaired) electrons. The molecule has 1 aromatic rings. The third kappa shape index (κ3) is 3.19.